The van der Waals surface area contributed by atoms with E-state index in [4.69, 9.17) is 5.73 Å². The van der Waals surface area contributed by atoms with Crippen molar-refractivity contribution in [3.8, 4) is 0 Å². The lowest BCUT2D eigenvalue weighted by molar-refractivity contribution is 0.163. The van der Waals surface area contributed by atoms with E-state index in [0.717, 1.165) is 16.7 Å². The van der Waals surface area contributed by atoms with Gasteiger partial charge in [0.1, 0.15) is 0 Å². The second-order valence-electron chi connectivity index (χ2n) is 4.08. The molecule has 2 nitrogen and oxygen atoms in total. The molecule has 86 valence electrons. The van der Waals surface area contributed by atoms with Gasteiger partial charge in [-0.05, 0) is 44.4 Å². The molecule has 0 aromatic heterocycles. The van der Waals surface area contributed by atoms with Crippen LogP contribution in [0.2, 0.25) is 0 Å². The molecule has 0 heterocycles. The third-order valence-electron chi connectivity index (χ3n) is 2.59. The van der Waals surface area contributed by atoms with Gasteiger partial charge in [0.15, 0.2) is 0 Å². The standard InChI is InChI=1S/C12H19NO.ClH/c1-7-5-8(2)11(9(3)6-7)12(13)10(4)14;/h5-6,10,12,14H,13H2,1-4H3;1H/t10-,12-;/m0./s1. The summed E-state index contributed by atoms with van der Waals surface area (Å²) in [4.78, 5) is 0. The monoisotopic (exact) mass is 229 g/mol. The Bertz CT molecular complexity index is 313. The van der Waals surface area contributed by atoms with E-state index in [1.807, 2.05) is 13.8 Å². The van der Waals surface area contributed by atoms with Crippen LogP contribution in [0.15, 0.2) is 12.1 Å². The maximum Gasteiger partial charge on any atom is 0.0704 e. The zero-order chi connectivity index (χ0) is 10.9. The molecule has 0 aliphatic rings. The molecule has 0 amide bonds. The molecule has 0 aliphatic heterocycles. The van der Waals surface area contributed by atoms with Crippen LogP contribution >= 0.6 is 12.4 Å². The van der Waals surface area contributed by atoms with Gasteiger partial charge < -0.3 is 10.8 Å². The van der Waals surface area contributed by atoms with Crippen molar-refractivity contribution in [3.63, 3.8) is 0 Å². The van der Waals surface area contributed by atoms with Crippen molar-refractivity contribution in [2.45, 2.75) is 39.8 Å². The van der Waals surface area contributed by atoms with Crippen molar-refractivity contribution in [2.24, 2.45) is 5.73 Å². The van der Waals surface area contributed by atoms with Crippen molar-refractivity contribution >= 4 is 12.4 Å². The number of aliphatic hydroxyl groups is 1. The molecule has 15 heavy (non-hydrogen) atoms. The highest BCUT2D eigenvalue weighted by Crippen LogP contribution is 2.23. The Labute approximate surface area is 97.9 Å². The van der Waals surface area contributed by atoms with Crippen molar-refractivity contribution < 1.29 is 5.11 Å². The first-order chi connectivity index (χ1) is 6.43. The van der Waals surface area contributed by atoms with Gasteiger partial charge in [-0.15, -0.1) is 12.4 Å². The highest BCUT2D eigenvalue weighted by molar-refractivity contribution is 5.85. The van der Waals surface area contributed by atoms with Crippen LogP contribution in [0.1, 0.15) is 35.2 Å². The van der Waals surface area contributed by atoms with Crippen molar-refractivity contribution in [1.82, 2.24) is 0 Å². The van der Waals surface area contributed by atoms with Crippen LogP contribution in [-0.4, -0.2) is 11.2 Å². The summed E-state index contributed by atoms with van der Waals surface area (Å²) in [6, 6.07) is 3.92. The predicted octanol–water partition coefficient (Wildman–Crippen LogP) is 2.41. The molecule has 0 saturated heterocycles. The van der Waals surface area contributed by atoms with Crippen LogP contribution in [0.4, 0.5) is 0 Å². The van der Waals surface area contributed by atoms with E-state index in [9.17, 15) is 5.11 Å². The van der Waals surface area contributed by atoms with Gasteiger partial charge in [-0.25, -0.2) is 0 Å². The smallest absolute Gasteiger partial charge is 0.0704 e. The highest BCUT2D eigenvalue weighted by Gasteiger charge is 2.16. The maximum atomic E-state index is 9.47. The zero-order valence-corrected chi connectivity index (χ0v) is 10.6. The predicted molar refractivity (Wildman–Crippen MR) is 66.5 cm³/mol. The lowest BCUT2D eigenvalue weighted by Gasteiger charge is -2.20. The number of hydrogen-bond acceptors (Lipinski definition) is 2. The summed E-state index contributed by atoms with van der Waals surface area (Å²) >= 11 is 0. The van der Waals surface area contributed by atoms with Crippen molar-refractivity contribution in [2.75, 3.05) is 0 Å². The molecule has 1 rings (SSSR count). The fourth-order valence-electron chi connectivity index (χ4n) is 1.96. The first-order valence-electron chi connectivity index (χ1n) is 4.95. The largest absolute Gasteiger partial charge is 0.391 e. The first-order valence-corrected chi connectivity index (χ1v) is 4.95. The van der Waals surface area contributed by atoms with Crippen LogP contribution < -0.4 is 5.73 Å². The van der Waals surface area contributed by atoms with Gasteiger partial charge in [0, 0.05) is 0 Å². The van der Waals surface area contributed by atoms with E-state index in [0.29, 0.717) is 0 Å². The maximum absolute atomic E-state index is 9.47. The molecule has 0 saturated carbocycles. The van der Waals surface area contributed by atoms with Crippen LogP contribution in [-0.2, 0) is 0 Å². The average molecular weight is 230 g/mol. The number of hydrogen-bond donors (Lipinski definition) is 2. The Morgan fingerprint density at radius 1 is 1.13 bits per heavy atom. The zero-order valence-electron chi connectivity index (χ0n) is 9.74. The molecular formula is C12H20ClNO. The average Bonchev–Trinajstić information content (AvgIpc) is 2.01. The summed E-state index contributed by atoms with van der Waals surface area (Å²) < 4.78 is 0. The fraction of sp³-hybridized carbons (Fsp3) is 0.500. The van der Waals surface area contributed by atoms with Gasteiger partial charge >= 0.3 is 0 Å². The quantitative estimate of drug-likeness (QED) is 0.818. The summed E-state index contributed by atoms with van der Waals surface area (Å²) in [6.45, 7) is 7.87. The Hall–Kier alpha value is -0.570. The van der Waals surface area contributed by atoms with Gasteiger partial charge in [0.05, 0.1) is 12.1 Å². The second kappa shape index (κ2) is 5.50. The number of aryl methyl sites for hydroxylation is 3. The normalized spacial score (nSPS) is 14.3. The van der Waals surface area contributed by atoms with Crippen molar-refractivity contribution in [3.05, 3.63) is 34.4 Å². The minimum atomic E-state index is -0.505. The van der Waals surface area contributed by atoms with Gasteiger partial charge in [-0.3, -0.25) is 0 Å². The molecular weight excluding hydrogens is 210 g/mol. The molecule has 0 unspecified atom stereocenters. The minimum absolute atomic E-state index is 0. The number of benzene rings is 1. The van der Waals surface area contributed by atoms with E-state index in [2.05, 4.69) is 19.1 Å². The molecule has 0 bridgehead atoms. The lowest BCUT2D eigenvalue weighted by Crippen LogP contribution is -2.25. The molecule has 1 aromatic rings. The Kier molecular flexibility index (Phi) is 5.29. The fourth-order valence-corrected chi connectivity index (χ4v) is 1.96. The Morgan fingerprint density at radius 2 is 1.53 bits per heavy atom. The molecule has 0 fully saturated rings. The molecule has 3 heteroatoms. The van der Waals surface area contributed by atoms with Crippen LogP contribution in [0.3, 0.4) is 0 Å². The van der Waals surface area contributed by atoms with Gasteiger partial charge in [-0.1, -0.05) is 17.7 Å². The van der Waals surface area contributed by atoms with E-state index in [1.165, 1.54) is 5.56 Å². The minimum Gasteiger partial charge on any atom is -0.391 e. The summed E-state index contributed by atoms with van der Waals surface area (Å²) in [6.07, 6.45) is -0.505. The van der Waals surface area contributed by atoms with E-state index in [-0.39, 0.29) is 18.4 Å². The topological polar surface area (TPSA) is 46.2 Å². The number of rotatable bonds is 2. The molecule has 1 aromatic carbocycles. The van der Waals surface area contributed by atoms with Gasteiger partial charge in [0.2, 0.25) is 0 Å². The SMILES string of the molecule is Cc1cc(C)c([C@@H](N)[C@H](C)O)c(C)c1.Cl. The van der Waals surface area contributed by atoms with Gasteiger partial charge in [0.25, 0.3) is 0 Å². The molecule has 3 N–H and O–H groups in total. The van der Waals surface area contributed by atoms with Crippen LogP contribution in [0, 0.1) is 20.8 Å². The summed E-state index contributed by atoms with van der Waals surface area (Å²) in [5.41, 5.74) is 10.6. The molecule has 0 aliphatic carbocycles. The molecule has 2 atom stereocenters. The Morgan fingerprint density at radius 3 is 1.87 bits per heavy atom. The molecule has 0 spiro atoms. The highest BCUT2D eigenvalue weighted by atomic mass is 35.5. The summed E-state index contributed by atoms with van der Waals surface area (Å²) in [5.74, 6) is 0. The number of aliphatic hydroxyl groups excluding tert-OH is 1. The molecule has 0 radical (unpaired) electrons. The third kappa shape index (κ3) is 3.20. The summed E-state index contributed by atoms with van der Waals surface area (Å²) in [5, 5.41) is 9.47. The lowest BCUT2D eigenvalue weighted by atomic mass is 9.92. The van der Waals surface area contributed by atoms with Gasteiger partial charge in [-0.2, -0.15) is 0 Å². The van der Waals surface area contributed by atoms with E-state index >= 15 is 0 Å². The van der Waals surface area contributed by atoms with Crippen LogP contribution in [0.25, 0.3) is 0 Å². The van der Waals surface area contributed by atoms with Crippen LogP contribution in [0.5, 0.6) is 0 Å². The first kappa shape index (κ1) is 14.4. The van der Waals surface area contributed by atoms with Crippen molar-refractivity contribution in [1.29, 1.82) is 0 Å². The Balaban J connectivity index is 0.00000196. The second-order valence-corrected chi connectivity index (χ2v) is 4.08. The van der Waals surface area contributed by atoms with E-state index in [1.54, 1.807) is 6.92 Å². The van der Waals surface area contributed by atoms with E-state index < -0.39 is 6.10 Å². The summed E-state index contributed by atoms with van der Waals surface area (Å²) in [7, 11) is 0. The third-order valence-corrected chi connectivity index (χ3v) is 2.59. The number of nitrogens with two attached hydrogens (primary N) is 1. The number of halogens is 1.